The molecule has 0 aromatic heterocycles. The number of rotatable bonds is 3. The fourth-order valence-electron chi connectivity index (χ4n) is 0.887. The van der Waals surface area contributed by atoms with E-state index >= 15 is 0 Å². The van der Waals surface area contributed by atoms with E-state index in [9.17, 15) is 4.79 Å². The van der Waals surface area contributed by atoms with E-state index in [0.717, 1.165) is 12.8 Å². The third-order valence-corrected chi connectivity index (χ3v) is 1.66. The van der Waals surface area contributed by atoms with Gasteiger partial charge in [-0.05, 0) is 12.8 Å². The summed E-state index contributed by atoms with van der Waals surface area (Å²) in [5.41, 5.74) is 5.50. The molecule has 1 unspecified atom stereocenters. The van der Waals surface area contributed by atoms with E-state index in [0.29, 0.717) is 6.42 Å². The van der Waals surface area contributed by atoms with Crippen LogP contribution in [0.15, 0.2) is 0 Å². The molecule has 1 aliphatic rings. The fourth-order valence-corrected chi connectivity index (χ4v) is 0.887. The Morgan fingerprint density at radius 1 is 1.80 bits per heavy atom. The molecule has 2 atom stereocenters. The van der Waals surface area contributed by atoms with Gasteiger partial charge < -0.3 is 11.1 Å². The molecule has 0 aromatic carbocycles. The topological polar surface area (TPSA) is 55.1 Å². The molecular weight excluding hydrogens is 128 g/mol. The lowest BCUT2D eigenvalue weighted by atomic mass is 10.3. The van der Waals surface area contributed by atoms with Crippen molar-refractivity contribution in [2.45, 2.75) is 38.3 Å². The minimum Gasteiger partial charge on any atom is -0.352 e. The summed E-state index contributed by atoms with van der Waals surface area (Å²) in [6.45, 7) is 1.99. The van der Waals surface area contributed by atoms with Gasteiger partial charge in [-0.1, -0.05) is 6.92 Å². The van der Waals surface area contributed by atoms with E-state index in [4.69, 9.17) is 5.73 Å². The molecule has 0 aromatic rings. The van der Waals surface area contributed by atoms with E-state index in [1.165, 1.54) is 0 Å². The van der Waals surface area contributed by atoms with Crippen molar-refractivity contribution in [3.8, 4) is 0 Å². The monoisotopic (exact) mass is 142 g/mol. The predicted molar refractivity (Wildman–Crippen MR) is 39.4 cm³/mol. The Morgan fingerprint density at radius 2 is 2.40 bits per heavy atom. The van der Waals surface area contributed by atoms with Gasteiger partial charge in [0.15, 0.2) is 0 Å². The van der Waals surface area contributed by atoms with Gasteiger partial charge in [0.1, 0.15) is 0 Å². The lowest BCUT2D eigenvalue weighted by Crippen LogP contribution is -2.29. The van der Waals surface area contributed by atoms with Crippen molar-refractivity contribution in [3.63, 3.8) is 0 Å². The molecule has 1 rings (SSSR count). The van der Waals surface area contributed by atoms with Crippen LogP contribution in [0.2, 0.25) is 0 Å². The number of carbonyl (C=O) groups excluding carboxylic acids is 1. The SMILES string of the molecule is CCCC(=O)N[C@H]1CC1N. The van der Waals surface area contributed by atoms with Crippen LogP contribution >= 0.6 is 0 Å². The van der Waals surface area contributed by atoms with Gasteiger partial charge in [0.25, 0.3) is 0 Å². The molecule has 0 heterocycles. The Bertz CT molecular complexity index is 136. The molecule has 0 radical (unpaired) electrons. The minimum atomic E-state index is 0.139. The van der Waals surface area contributed by atoms with Gasteiger partial charge in [0, 0.05) is 18.5 Å². The molecule has 3 N–H and O–H groups in total. The van der Waals surface area contributed by atoms with Gasteiger partial charge in [-0.3, -0.25) is 4.79 Å². The minimum absolute atomic E-state index is 0.139. The molecule has 10 heavy (non-hydrogen) atoms. The van der Waals surface area contributed by atoms with E-state index in [1.54, 1.807) is 0 Å². The zero-order valence-corrected chi connectivity index (χ0v) is 6.26. The van der Waals surface area contributed by atoms with Crippen LogP contribution in [-0.4, -0.2) is 18.0 Å². The second kappa shape index (κ2) is 3.01. The van der Waals surface area contributed by atoms with Gasteiger partial charge in [-0.2, -0.15) is 0 Å². The highest BCUT2D eigenvalue weighted by molar-refractivity contribution is 5.76. The van der Waals surface area contributed by atoms with E-state index in [-0.39, 0.29) is 18.0 Å². The third kappa shape index (κ3) is 1.99. The summed E-state index contributed by atoms with van der Waals surface area (Å²) in [6, 6.07) is 0.500. The maximum atomic E-state index is 10.9. The summed E-state index contributed by atoms with van der Waals surface area (Å²) in [6.07, 6.45) is 2.49. The van der Waals surface area contributed by atoms with E-state index in [1.807, 2.05) is 6.92 Å². The Morgan fingerprint density at radius 3 is 2.80 bits per heavy atom. The Balaban J connectivity index is 2.07. The third-order valence-electron chi connectivity index (χ3n) is 1.66. The van der Waals surface area contributed by atoms with Crippen LogP contribution in [0.25, 0.3) is 0 Å². The van der Waals surface area contributed by atoms with Crippen LogP contribution in [0.5, 0.6) is 0 Å². The summed E-state index contributed by atoms with van der Waals surface area (Å²) in [5, 5.41) is 2.84. The summed E-state index contributed by atoms with van der Waals surface area (Å²) in [5.74, 6) is 0.139. The first-order valence-electron chi connectivity index (χ1n) is 3.79. The van der Waals surface area contributed by atoms with Crippen molar-refractivity contribution >= 4 is 5.91 Å². The predicted octanol–water partition coefficient (Wildman–Crippen LogP) is 0.00230. The molecule has 1 amide bonds. The molecule has 1 aliphatic carbocycles. The number of nitrogens with two attached hydrogens (primary N) is 1. The van der Waals surface area contributed by atoms with Crippen molar-refractivity contribution < 1.29 is 4.79 Å². The highest BCUT2D eigenvalue weighted by Crippen LogP contribution is 2.17. The first-order chi connectivity index (χ1) is 4.74. The van der Waals surface area contributed by atoms with Gasteiger partial charge in [-0.15, -0.1) is 0 Å². The highest BCUT2D eigenvalue weighted by atomic mass is 16.1. The van der Waals surface area contributed by atoms with Crippen molar-refractivity contribution in [3.05, 3.63) is 0 Å². The summed E-state index contributed by atoms with van der Waals surface area (Å²) >= 11 is 0. The number of carbonyl (C=O) groups is 1. The molecular formula is C7H14N2O. The Labute approximate surface area is 61.0 Å². The maximum Gasteiger partial charge on any atom is 0.220 e. The number of hydrogen-bond donors (Lipinski definition) is 2. The smallest absolute Gasteiger partial charge is 0.220 e. The van der Waals surface area contributed by atoms with Crippen LogP contribution in [0.1, 0.15) is 26.2 Å². The van der Waals surface area contributed by atoms with Crippen LogP contribution in [0.4, 0.5) is 0 Å². The first kappa shape index (κ1) is 7.54. The van der Waals surface area contributed by atoms with Crippen LogP contribution in [0, 0.1) is 0 Å². The molecule has 3 heteroatoms. The van der Waals surface area contributed by atoms with Gasteiger partial charge in [0.05, 0.1) is 0 Å². The van der Waals surface area contributed by atoms with Gasteiger partial charge in [-0.25, -0.2) is 0 Å². The van der Waals surface area contributed by atoms with Gasteiger partial charge in [0.2, 0.25) is 5.91 Å². The zero-order valence-electron chi connectivity index (χ0n) is 6.26. The lowest BCUT2D eigenvalue weighted by molar-refractivity contribution is -0.121. The average Bonchev–Trinajstić information content (AvgIpc) is 2.47. The largest absolute Gasteiger partial charge is 0.352 e. The first-order valence-corrected chi connectivity index (χ1v) is 3.79. The Hall–Kier alpha value is -0.570. The molecule has 0 spiro atoms. The standard InChI is InChI=1S/C7H14N2O/c1-2-3-7(10)9-6-4-5(6)8/h5-6H,2-4,8H2,1H3,(H,9,10)/t5?,6-/m0/s1. The number of amides is 1. The molecule has 0 aliphatic heterocycles. The average molecular weight is 142 g/mol. The van der Waals surface area contributed by atoms with Gasteiger partial charge >= 0.3 is 0 Å². The van der Waals surface area contributed by atoms with Crippen molar-refractivity contribution in [1.29, 1.82) is 0 Å². The van der Waals surface area contributed by atoms with Crippen LogP contribution < -0.4 is 11.1 Å². The Kier molecular flexibility index (Phi) is 2.27. The molecule has 0 saturated heterocycles. The van der Waals surface area contributed by atoms with Crippen molar-refractivity contribution in [2.24, 2.45) is 5.73 Å². The van der Waals surface area contributed by atoms with Crippen LogP contribution in [-0.2, 0) is 4.79 Å². The highest BCUT2D eigenvalue weighted by Gasteiger charge is 2.34. The van der Waals surface area contributed by atoms with Crippen molar-refractivity contribution in [1.82, 2.24) is 5.32 Å². The molecule has 1 fully saturated rings. The summed E-state index contributed by atoms with van der Waals surface area (Å²) < 4.78 is 0. The summed E-state index contributed by atoms with van der Waals surface area (Å²) in [7, 11) is 0. The summed E-state index contributed by atoms with van der Waals surface area (Å²) in [4.78, 5) is 10.9. The molecule has 1 saturated carbocycles. The fraction of sp³-hybridized carbons (Fsp3) is 0.857. The number of nitrogens with one attached hydrogen (secondary N) is 1. The molecule has 58 valence electrons. The second-order valence-electron chi connectivity index (χ2n) is 2.82. The maximum absolute atomic E-state index is 10.9. The van der Waals surface area contributed by atoms with Crippen molar-refractivity contribution in [2.75, 3.05) is 0 Å². The van der Waals surface area contributed by atoms with E-state index in [2.05, 4.69) is 5.32 Å². The number of hydrogen-bond acceptors (Lipinski definition) is 2. The van der Waals surface area contributed by atoms with E-state index < -0.39 is 0 Å². The normalized spacial score (nSPS) is 29.8. The lowest BCUT2D eigenvalue weighted by Gasteiger charge is -1.99. The molecule has 3 nitrogen and oxygen atoms in total. The zero-order chi connectivity index (χ0) is 7.56. The quantitative estimate of drug-likeness (QED) is 0.583. The molecule has 0 bridgehead atoms. The van der Waals surface area contributed by atoms with Crippen LogP contribution in [0.3, 0.4) is 0 Å². The second-order valence-corrected chi connectivity index (χ2v) is 2.82.